The van der Waals surface area contributed by atoms with Crippen LogP contribution >= 0.6 is 15.9 Å². The molecule has 0 bridgehead atoms. The van der Waals surface area contributed by atoms with Gasteiger partial charge in [-0.2, -0.15) is 0 Å². The number of hydrogen-bond donors (Lipinski definition) is 2. The Kier molecular flexibility index (Phi) is 8.24. The summed E-state index contributed by atoms with van der Waals surface area (Å²) in [5.74, 6) is 0.0287. The first-order chi connectivity index (χ1) is 15.1. The highest BCUT2D eigenvalue weighted by molar-refractivity contribution is 9.10. The van der Waals surface area contributed by atoms with Crippen molar-refractivity contribution in [3.05, 3.63) is 94.0 Å². The van der Waals surface area contributed by atoms with Crippen LogP contribution in [0.1, 0.15) is 28.4 Å². The molecule has 0 saturated heterocycles. The summed E-state index contributed by atoms with van der Waals surface area (Å²) in [7, 11) is 0. The van der Waals surface area contributed by atoms with E-state index in [0.29, 0.717) is 23.5 Å². The minimum atomic E-state index is -0.337. The molecule has 31 heavy (non-hydrogen) atoms. The minimum absolute atomic E-state index is 0.159. The first-order valence-corrected chi connectivity index (χ1v) is 11.0. The third-order valence-corrected chi connectivity index (χ3v) is 5.37. The molecule has 2 amide bonds. The SMILES string of the molecule is CCc1ccc(OCC(=O)Nc2ccccc2C(=O)NCCc2ccccc2)c(Br)c1. The Bertz CT molecular complexity index is 1040. The van der Waals surface area contributed by atoms with Gasteiger partial charge in [-0.1, -0.05) is 55.5 Å². The van der Waals surface area contributed by atoms with E-state index in [1.807, 2.05) is 48.5 Å². The summed E-state index contributed by atoms with van der Waals surface area (Å²) in [6, 6.07) is 22.7. The lowest BCUT2D eigenvalue weighted by Crippen LogP contribution is -2.28. The molecule has 6 heteroatoms. The Hall–Kier alpha value is -3.12. The number of para-hydroxylation sites is 1. The van der Waals surface area contributed by atoms with E-state index < -0.39 is 0 Å². The molecule has 5 nitrogen and oxygen atoms in total. The maximum atomic E-state index is 12.6. The number of hydrogen-bond acceptors (Lipinski definition) is 3. The zero-order chi connectivity index (χ0) is 22.1. The van der Waals surface area contributed by atoms with Gasteiger partial charge in [0.25, 0.3) is 11.8 Å². The molecular formula is C25H25BrN2O3. The fraction of sp³-hybridized carbons (Fsp3) is 0.200. The van der Waals surface area contributed by atoms with Gasteiger partial charge < -0.3 is 15.4 Å². The second-order valence-electron chi connectivity index (χ2n) is 6.99. The van der Waals surface area contributed by atoms with Crippen LogP contribution in [0.3, 0.4) is 0 Å². The van der Waals surface area contributed by atoms with Crippen LogP contribution < -0.4 is 15.4 Å². The first kappa shape index (κ1) is 22.6. The van der Waals surface area contributed by atoms with Crippen LogP contribution in [0.2, 0.25) is 0 Å². The molecule has 0 aliphatic carbocycles. The smallest absolute Gasteiger partial charge is 0.262 e. The summed E-state index contributed by atoms with van der Waals surface area (Å²) < 4.78 is 6.43. The molecular weight excluding hydrogens is 456 g/mol. The number of halogens is 1. The lowest BCUT2D eigenvalue weighted by molar-refractivity contribution is -0.118. The molecule has 3 aromatic rings. The molecule has 0 aromatic heterocycles. The lowest BCUT2D eigenvalue weighted by atomic mass is 10.1. The predicted octanol–water partition coefficient (Wildman–Crippen LogP) is 5.00. The van der Waals surface area contributed by atoms with E-state index >= 15 is 0 Å². The van der Waals surface area contributed by atoms with Crippen molar-refractivity contribution in [1.29, 1.82) is 0 Å². The minimum Gasteiger partial charge on any atom is -0.483 e. The summed E-state index contributed by atoms with van der Waals surface area (Å²) in [5, 5.41) is 5.68. The van der Waals surface area contributed by atoms with Gasteiger partial charge in [0, 0.05) is 6.54 Å². The number of anilines is 1. The van der Waals surface area contributed by atoms with E-state index in [4.69, 9.17) is 4.74 Å². The Labute approximate surface area is 191 Å². The third-order valence-electron chi connectivity index (χ3n) is 4.75. The van der Waals surface area contributed by atoms with Gasteiger partial charge in [0.05, 0.1) is 15.7 Å². The van der Waals surface area contributed by atoms with Crippen LogP contribution in [0.4, 0.5) is 5.69 Å². The summed E-state index contributed by atoms with van der Waals surface area (Å²) in [5.41, 5.74) is 3.20. The van der Waals surface area contributed by atoms with E-state index in [-0.39, 0.29) is 18.4 Å². The molecule has 0 atom stereocenters. The standard InChI is InChI=1S/C25H25BrN2O3/c1-2-18-12-13-23(21(26)16-18)31-17-24(29)28-22-11-7-6-10-20(22)25(30)27-15-14-19-8-4-3-5-9-19/h3-13,16H,2,14-15,17H2,1H3,(H,27,30)(H,28,29). The fourth-order valence-electron chi connectivity index (χ4n) is 3.06. The Balaban J connectivity index is 1.55. The van der Waals surface area contributed by atoms with E-state index in [1.54, 1.807) is 24.3 Å². The summed E-state index contributed by atoms with van der Waals surface area (Å²) in [4.78, 5) is 25.0. The van der Waals surface area contributed by atoms with Gasteiger partial charge in [0.15, 0.2) is 6.61 Å². The fourth-order valence-corrected chi connectivity index (χ4v) is 3.60. The molecule has 2 N–H and O–H groups in total. The van der Waals surface area contributed by atoms with Crippen LogP contribution in [-0.2, 0) is 17.6 Å². The van der Waals surface area contributed by atoms with Crippen molar-refractivity contribution in [2.24, 2.45) is 0 Å². The van der Waals surface area contributed by atoms with Crippen molar-refractivity contribution in [3.63, 3.8) is 0 Å². The highest BCUT2D eigenvalue weighted by Gasteiger charge is 2.13. The van der Waals surface area contributed by atoms with Crippen molar-refractivity contribution in [2.75, 3.05) is 18.5 Å². The first-order valence-electron chi connectivity index (χ1n) is 10.2. The van der Waals surface area contributed by atoms with Gasteiger partial charge in [-0.15, -0.1) is 0 Å². The van der Waals surface area contributed by atoms with Gasteiger partial charge >= 0.3 is 0 Å². The number of aryl methyl sites for hydroxylation is 1. The molecule has 0 spiro atoms. The molecule has 0 radical (unpaired) electrons. The van der Waals surface area contributed by atoms with Crippen molar-refractivity contribution >= 4 is 33.4 Å². The van der Waals surface area contributed by atoms with E-state index in [1.165, 1.54) is 5.56 Å². The highest BCUT2D eigenvalue weighted by Crippen LogP contribution is 2.26. The molecule has 160 valence electrons. The van der Waals surface area contributed by atoms with E-state index in [0.717, 1.165) is 22.9 Å². The maximum absolute atomic E-state index is 12.6. The number of nitrogens with one attached hydrogen (secondary N) is 2. The van der Waals surface area contributed by atoms with Crippen molar-refractivity contribution in [1.82, 2.24) is 5.32 Å². The lowest BCUT2D eigenvalue weighted by Gasteiger charge is -2.13. The highest BCUT2D eigenvalue weighted by atomic mass is 79.9. The van der Waals surface area contributed by atoms with Gasteiger partial charge in [0.1, 0.15) is 5.75 Å². The van der Waals surface area contributed by atoms with Gasteiger partial charge in [-0.25, -0.2) is 0 Å². The monoisotopic (exact) mass is 480 g/mol. The van der Waals surface area contributed by atoms with Gasteiger partial charge in [-0.3, -0.25) is 9.59 Å². The van der Waals surface area contributed by atoms with E-state index in [2.05, 4.69) is 33.5 Å². The third kappa shape index (κ3) is 6.69. The summed E-state index contributed by atoms with van der Waals surface area (Å²) >= 11 is 3.47. The Morgan fingerprint density at radius 1 is 0.935 bits per heavy atom. The number of rotatable bonds is 9. The van der Waals surface area contributed by atoms with Crippen LogP contribution in [0.25, 0.3) is 0 Å². The number of ether oxygens (including phenoxy) is 1. The van der Waals surface area contributed by atoms with Crippen LogP contribution in [-0.4, -0.2) is 25.0 Å². The zero-order valence-electron chi connectivity index (χ0n) is 17.4. The maximum Gasteiger partial charge on any atom is 0.262 e. The normalized spacial score (nSPS) is 10.4. The second-order valence-corrected chi connectivity index (χ2v) is 7.85. The molecule has 3 rings (SSSR count). The molecule has 0 saturated carbocycles. The average molecular weight is 481 g/mol. The topological polar surface area (TPSA) is 67.4 Å². The zero-order valence-corrected chi connectivity index (χ0v) is 18.9. The van der Waals surface area contributed by atoms with Crippen LogP contribution in [0.15, 0.2) is 77.3 Å². The quantitative estimate of drug-likeness (QED) is 0.452. The van der Waals surface area contributed by atoms with Gasteiger partial charge in [0.2, 0.25) is 0 Å². The molecule has 0 aliphatic heterocycles. The van der Waals surface area contributed by atoms with Crippen molar-refractivity contribution in [3.8, 4) is 5.75 Å². The largest absolute Gasteiger partial charge is 0.483 e. The molecule has 0 unspecified atom stereocenters. The molecule has 0 fully saturated rings. The Morgan fingerprint density at radius 2 is 1.68 bits per heavy atom. The second kappa shape index (κ2) is 11.3. The number of carbonyl (C=O) groups excluding carboxylic acids is 2. The molecule has 0 aliphatic rings. The summed E-state index contributed by atoms with van der Waals surface area (Å²) in [6.07, 6.45) is 1.66. The number of benzene rings is 3. The van der Waals surface area contributed by atoms with Crippen LogP contribution in [0.5, 0.6) is 5.75 Å². The number of amides is 2. The van der Waals surface area contributed by atoms with E-state index in [9.17, 15) is 9.59 Å². The van der Waals surface area contributed by atoms with Crippen LogP contribution in [0, 0.1) is 0 Å². The van der Waals surface area contributed by atoms with Crippen molar-refractivity contribution in [2.45, 2.75) is 19.8 Å². The summed E-state index contributed by atoms with van der Waals surface area (Å²) in [6.45, 7) is 2.43. The predicted molar refractivity (Wildman–Crippen MR) is 127 cm³/mol. The van der Waals surface area contributed by atoms with Crippen molar-refractivity contribution < 1.29 is 14.3 Å². The molecule has 0 heterocycles. The average Bonchev–Trinajstić information content (AvgIpc) is 2.79. The Morgan fingerprint density at radius 3 is 2.42 bits per heavy atom. The number of carbonyl (C=O) groups is 2. The van der Waals surface area contributed by atoms with Gasteiger partial charge in [-0.05, 0) is 64.2 Å². The molecule has 3 aromatic carbocycles.